The van der Waals surface area contributed by atoms with Gasteiger partial charge in [0, 0.05) is 36.4 Å². The SMILES string of the molecule is C=C(C)C(=O)OCCOCCC[Si](O[SiH2]C(O[Si](C)(C)C)O[Si](C)(C)C)(O[SiH2]C(O[Si](C)(C)C)O[Si](C)(C)C)O[Si](CCCOCCOC(=O)C(=C)C)(O[SiH2]C(O[Si](C)(C)C)O[Si](C)(C)C)O[SiH2]C(O[Si](C)(C)C)O[Si](C)(C)C. The average Bonchev–Trinajstić information content (AvgIpc) is 3.20. The van der Waals surface area contributed by atoms with E-state index in [9.17, 15) is 9.59 Å². The molecule has 0 N–H and O–H groups in total. The molecule has 0 saturated heterocycles. The monoisotopic (exact) mass is 1360 g/mol. The smallest absolute Gasteiger partial charge is 0.460 e. The summed E-state index contributed by atoms with van der Waals surface area (Å²) in [4.78, 5) is 24.5. The molecule has 33 heteroatoms. The predicted molar refractivity (Wildman–Crippen MR) is 354 cm³/mol. The van der Waals surface area contributed by atoms with Gasteiger partial charge in [-0.3, -0.25) is 0 Å². The third-order valence-electron chi connectivity index (χ3n) is 9.11. The van der Waals surface area contributed by atoms with Crippen molar-refractivity contribution in [1.29, 1.82) is 0 Å². The van der Waals surface area contributed by atoms with E-state index in [2.05, 4.69) is 170 Å². The van der Waals surface area contributed by atoms with Crippen LogP contribution in [0.2, 0.25) is 169 Å². The van der Waals surface area contributed by atoms with Crippen molar-refractivity contribution in [2.75, 3.05) is 39.6 Å². The van der Waals surface area contributed by atoms with Crippen LogP contribution in [0.15, 0.2) is 24.3 Å². The van der Waals surface area contributed by atoms with Crippen molar-refractivity contribution in [2.24, 2.45) is 0 Å². The van der Waals surface area contributed by atoms with E-state index in [1.807, 2.05) is 0 Å². The Morgan fingerprint density at radius 3 is 0.722 bits per heavy atom. The fraction of sp³-hybridized carbons (Fsp3) is 0.870. The van der Waals surface area contributed by atoms with Gasteiger partial charge >= 0.3 is 29.5 Å². The molecule has 79 heavy (non-hydrogen) atoms. The minimum atomic E-state index is -4.09. The summed E-state index contributed by atoms with van der Waals surface area (Å²) < 4.78 is 116. The van der Waals surface area contributed by atoms with Gasteiger partial charge in [0.2, 0.25) is 39.1 Å². The number of esters is 2. The molecule has 0 rings (SSSR count). The average molecular weight is 1360 g/mol. The third kappa shape index (κ3) is 45.8. The summed E-state index contributed by atoms with van der Waals surface area (Å²) >= 11 is 0. The van der Waals surface area contributed by atoms with Crippen LogP contribution in [-0.2, 0) is 84.5 Å². The van der Waals surface area contributed by atoms with Crippen molar-refractivity contribution in [2.45, 2.75) is 220 Å². The second-order valence-electron chi connectivity index (χ2n) is 27.5. The molecule has 0 aliphatic carbocycles. The van der Waals surface area contributed by atoms with Gasteiger partial charge < -0.3 is 74.9 Å². The first-order chi connectivity index (χ1) is 35.5. The highest BCUT2D eigenvalue weighted by molar-refractivity contribution is 6.83. The van der Waals surface area contributed by atoms with Crippen molar-refractivity contribution in [3.8, 4) is 0 Å². The third-order valence-corrected chi connectivity index (χ3v) is 36.1. The summed E-state index contributed by atoms with van der Waals surface area (Å²) in [6, 6.07) is 0.598. The van der Waals surface area contributed by atoms with Crippen molar-refractivity contribution in [1.82, 2.24) is 0 Å². The second-order valence-corrected chi connectivity index (χ2v) is 76.4. The summed E-state index contributed by atoms with van der Waals surface area (Å²) in [6.45, 7) is 63.2. The van der Waals surface area contributed by atoms with Crippen molar-refractivity contribution in [3.05, 3.63) is 24.3 Å². The lowest BCUT2D eigenvalue weighted by atomic mass is 10.4. The normalized spacial score (nSPS) is 15.9. The number of carbonyl (C=O) groups is 2. The van der Waals surface area contributed by atoms with Gasteiger partial charge in [0.05, 0.1) is 13.2 Å². The molecule has 0 amide bonds. The summed E-state index contributed by atoms with van der Waals surface area (Å²) in [6.07, 6.45) is 0.885. The maximum absolute atomic E-state index is 12.2. The van der Waals surface area contributed by atoms with Gasteiger partial charge in [-0.15, -0.1) is 0 Å². The molecule has 19 nitrogen and oxygen atoms in total. The first-order valence-corrected chi connectivity index (χ1v) is 64.7. The van der Waals surface area contributed by atoms with Gasteiger partial charge in [-0.2, -0.15) is 0 Å². The molecule has 0 aromatic carbocycles. The molecule has 0 spiro atoms. The Morgan fingerprint density at radius 2 is 0.544 bits per heavy atom. The van der Waals surface area contributed by atoms with E-state index in [0.29, 0.717) is 36.1 Å². The zero-order chi connectivity index (χ0) is 61.5. The van der Waals surface area contributed by atoms with Gasteiger partial charge in [-0.1, -0.05) is 13.2 Å². The molecular weight excluding hydrogens is 1250 g/mol. The molecule has 468 valence electrons. The van der Waals surface area contributed by atoms with Crippen LogP contribution in [0.25, 0.3) is 0 Å². The Kier molecular flexibility index (Phi) is 36.0. The fourth-order valence-electron chi connectivity index (χ4n) is 6.75. The van der Waals surface area contributed by atoms with Gasteiger partial charge in [-0.05, 0) is 184 Å². The van der Waals surface area contributed by atoms with Crippen LogP contribution in [0.5, 0.6) is 0 Å². The summed E-state index contributed by atoms with van der Waals surface area (Å²) in [5.41, 5.74) is 0.628. The van der Waals surface area contributed by atoms with E-state index < -0.39 is 159 Å². The molecule has 0 fully saturated rings. The Labute approximate surface area is 499 Å². The number of rotatable bonds is 46. The van der Waals surface area contributed by atoms with Crippen LogP contribution in [0, 0.1) is 0 Å². The molecule has 0 heterocycles. The number of hydrogen-bond donors (Lipinski definition) is 0. The van der Waals surface area contributed by atoms with E-state index in [1.54, 1.807) is 13.8 Å². The number of ether oxygens (including phenoxy) is 4. The van der Waals surface area contributed by atoms with Crippen LogP contribution in [0.3, 0.4) is 0 Å². The lowest BCUT2D eigenvalue weighted by Gasteiger charge is -2.43. The van der Waals surface area contributed by atoms with Gasteiger partial charge in [0.15, 0.2) is 66.5 Å². The first kappa shape index (κ1) is 79.9. The maximum Gasteiger partial charge on any atom is 0.472 e. The zero-order valence-electron chi connectivity index (χ0n) is 54.4. The first-order valence-electron chi connectivity index (χ1n) is 28.0. The molecule has 0 aliphatic rings. The molecular formula is C46H114O19Si14. The Hall–Kier alpha value is 0.856. The molecule has 0 saturated carbocycles. The maximum atomic E-state index is 12.2. The quantitative estimate of drug-likeness (QED) is 0.0186. The largest absolute Gasteiger partial charge is 0.472 e. The van der Waals surface area contributed by atoms with E-state index in [0.717, 1.165) is 0 Å². The number of hydrogen-bond acceptors (Lipinski definition) is 19. The minimum absolute atomic E-state index is 0.0662. The second kappa shape index (κ2) is 35.6. The lowest BCUT2D eigenvalue weighted by molar-refractivity contribution is -0.141. The molecule has 0 bridgehead atoms. The molecule has 0 atom stereocenters. The molecule has 0 radical (unpaired) electrons. The zero-order valence-corrected chi connectivity index (χ0v) is 70.0. The summed E-state index contributed by atoms with van der Waals surface area (Å²) in [7, 11) is -33.0. The Bertz CT molecular complexity index is 1520. The van der Waals surface area contributed by atoms with Crippen molar-refractivity contribution in [3.63, 3.8) is 0 Å². The van der Waals surface area contributed by atoms with E-state index >= 15 is 0 Å². The van der Waals surface area contributed by atoms with Crippen molar-refractivity contribution >= 4 is 135 Å². The van der Waals surface area contributed by atoms with E-state index in [-0.39, 0.29) is 39.6 Å². The highest BCUT2D eigenvalue weighted by atomic mass is 28.5. The van der Waals surface area contributed by atoms with Gasteiger partial charge in [0.25, 0.3) is 0 Å². The topological polar surface area (TPSA) is 191 Å². The molecule has 0 aromatic rings. The van der Waals surface area contributed by atoms with Crippen LogP contribution >= 0.6 is 0 Å². The number of carbonyl (C=O) groups excluding carboxylic acids is 2. The van der Waals surface area contributed by atoms with Crippen LogP contribution in [-0.4, -0.2) is 198 Å². The summed E-state index contributed by atoms with van der Waals surface area (Å²) in [5, 5.41) is 0. The van der Waals surface area contributed by atoms with Crippen LogP contribution < -0.4 is 0 Å². The van der Waals surface area contributed by atoms with Crippen LogP contribution in [0.4, 0.5) is 0 Å². The van der Waals surface area contributed by atoms with E-state index in [4.69, 9.17) is 74.9 Å². The standard InChI is InChI=1S/C46H114O19Si14/c1-39(2)41(47)51-35-33-49-31-29-37-78(61-66-43(53-70(5,6)7)54-71(8,9)10,62-67-44(55-72(11,12)13)56-73(14,15)16)65-79(38-30-32-50-34-36-52-42(48)40(3)4,63-68-45(57-74(17,18)19)58-75(20,21)22)64-69-46(59-76(23,24)25)60-77(26,27)28/h43-46H,1,3,29-38,66-69H2,2,4-28H3. The van der Waals surface area contributed by atoms with Crippen LogP contribution in [0.1, 0.15) is 26.7 Å². The fourth-order valence-corrected chi connectivity index (χ4v) is 45.7. The minimum Gasteiger partial charge on any atom is -0.460 e. The molecule has 0 aromatic heterocycles. The summed E-state index contributed by atoms with van der Waals surface area (Å²) in [5.74, 6) is -3.34. The highest BCUT2D eigenvalue weighted by Gasteiger charge is 2.55. The Morgan fingerprint density at radius 1 is 0.342 bits per heavy atom. The van der Waals surface area contributed by atoms with Gasteiger partial charge in [0.1, 0.15) is 36.9 Å². The highest BCUT2D eigenvalue weighted by Crippen LogP contribution is 2.31. The molecule has 0 unspecified atom stereocenters. The predicted octanol–water partition coefficient (Wildman–Crippen LogP) is 8.28. The van der Waals surface area contributed by atoms with Crippen molar-refractivity contribution < 1.29 is 84.5 Å². The van der Waals surface area contributed by atoms with E-state index in [1.165, 1.54) is 0 Å². The molecule has 0 aliphatic heterocycles. The van der Waals surface area contributed by atoms with Gasteiger partial charge in [-0.25, -0.2) is 9.59 Å². The lowest BCUT2D eigenvalue weighted by Crippen LogP contribution is -2.63. The Balaban J connectivity index is 8.64.